The van der Waals surface area contributed by atoms with E-state index in [0.717, 1.165) is 5.69 Å². The van der Waals surface area contributed by atoms with Crippen LogP contribution in [0.2, 0.25) is 0 Å². The molecule has 0 aromatic carbocycles. The first kappa shape index (κ1) is 14.6. The number of aromatic nitrogens is 2. The van der Waals surface area contributed by atoms with Gasteiger partial charge >= 0.3 is 5.97 Å². The lowest BCUT2D eigenvalue weighted by Gasteiger charge is -2.14. The molecule has 3 heterocycles. The Morgan fingerprint density at radius 2 is 2.14 bits per heavy atom. The second kappa shape index (κ2) is 5.84. The van der Waals surface area contributed by atoms with Crippen molar-refractivity contribution in [3.05, 3.63) is 35.5 Å². The van der Waals surface area contributed by atoms with Gasteiger partial charge in [0.05, 0.1) is 17.8 Å². The monoisotopic (exact) mass is 317 g/mol. The number of nitrogens with zero attached hydrogens (tertiary/aromatic N) is 3. The second-order valence-corrected chi connectivity index (χ2v) is 6.41. The average Bonchev–Trinajstić information content (AvgIpc) is 3.14. The van der Waals surface area contributed by atoms with Gasteiger partial charge in [-0.2, -0.15) is 0 Å². The molecule has 1 aliphatic heterocycles. The van der Waals surface area contributed by atoms with Crippen molar-refractivity contribution in [3.8, 4) is 10.7 Å². The molecule has 1 amide bonds. The first-order chi connectivity index (χ1) is 10.6. The number of carbonyl (C=O) groups excluding carboxylic acids is 1. The molecular formula is C15H15N3O3S. The molecule has 0 saturated carbocycles. The number of carboxylic acid groups (broad SMARTS) is 1. The highest BCUT2D eigenvalue weighted by Crippen LogP contribution is 2.28. The largest absolute Gasteiger partial charge is 0.481 e. The van der Waals surface area contributed by atoms with Crippen molar-refractivity contribution in [1.82, 2.24) is 14.9 Å². The fraction of sp³-hybridized carbons (Fsp3) is 0.333. The number of hydrogen-bond acceptors (Lipinski definition) is 5. The second-order valence-electron chi connectivity index (χ2n) is 5.38. The lowest BCUT2D eigenvalue weighted by atomic mass is 9.99. The van der Waals surface area contributed by atoms with E-state index in [4.69, 9.17) is 5.11 Å². The number of pyridine rings is 1. The minimum Gasteiger partial charge on any atom is -0.481 e. The Balaban J connectivity index is 1.77. The summed E-state index contributed by atoms with van der Waals surface area (Å²) in [5, 5.41) is 9.84. The molecule has 114 valence electrons. The molecule has 0 radical (unpaired) electrons. The van der Waals surface area contributed by atoms with E-state index in [1.807, 2.05) is 25.1 Å². The van der Waals surface area contributed by atoms with Crippen LogP contribution in [0.15, 0.2) is 30.6 Å². The SMILES string of the molecule is C[C@@H]1CN(C(=O)c2cnc(-c3ccccn3)s2)C[C@H]1C(=O)O. The van der Waals surface area contributed by atoms with Gasteiger partial charge < -0.3 is 10.0 Å². The standard InChI is InChI=1S/C15H15N3O3S/c1-9-7-18(8-10(9)15(20)21)14(19)12-6-17-13(22-12)11-4-2-3-5-16-11/h2-6,9-10H,7-8H2,1H3,(H,20,21)/t9-,10-/m1/s1. The highest BCUT2D eigenvalue weighted by molar-refractivity contribution is 7.16. The maximum atomic E-state index is 12.5. The summed E-state index contributed by atoms with van der Waals surface area (Å²) in [5.74, 6) is -1.53. The Morgan fingerprint density at radius 1 is 1.32 bits per heavy atom. The molecule has 0 spiro atoms. The zero-order valence-electron chi connectivity index (χ0n) is 12.0. The molecule has 1 fully saturated rings. The molecule has 7 heteroatoms. The van der Waals surface area contributed by atoms with E-state index in [1.165, 1.54) is 17.5 Å². The summed E-state index contributed by atoms with van der Waals surface area (Å²) in [6, 6.07) is 5.52. The van der Waals surface area contributed by atoms with Gasteiger partial charge in [-0.15, -0.1) is 11.3 Å². The molecule has 2 atom stereocenters. The van der Waals surface area contributed by atoms with Crippen LogP contribution in [0.5, 0.6) is 0 Å². The van der Waals surface area contributed by atoms with E-state index in [9.17, 15) is 9.59 Å². The topological polar surface area (TPSA) is 83.4 Å². The van der Waals surface area contributed by atoms with E-state index >= 15 is 0 Å². The summed E-state index contributed by atoms with van der Waals surface area (Å²) in [6.07, 6.45) is 3.22. The van der Waals surface area contributed by atoms with Crippen LogP contribution in [0, 0.1) is 11.8 Å². The normalized spacial score (nSPS) is 21.0. The third-order valence-electron chi connectivity index (χ3n) is 3.82. The summed E-state index contributed by atoms with van der Waals surface area (Å²) in [4.78, 5) is 34.2. The van der Waals surface area contributed by atoms with Gasteiger partial charge in [0.1, 0.15) is 9.88 Å². The van der Waals surface area contributed by atoms with Gasteiger partial charge in [-0.1, -0.05) is 13.0 Å². The maximum Gasteiger partial charge on any atom is 0.308 e. The Bertz CT molecular complexity index is 701. The summed E-state index contributed by atoms with van der Waals surface area (Å²) in [6.45, 7) is 2.58. The predicted octanol–water partition coefficient (Wildman–Crippen LogP) is 2.00. The van der Waals surface area contributed by atoms with Gasteiger partial charge in [-0.05, 0) is 18.1 Å². The third-order valence-corrected chi connectivity index (χ3v) is 4.83. The van der Waals surface area contributed by atoms with Crippen molar-refractivity contribution in [2.75, 3.05) is 13.1 Å². The van der Waals surface area contributed by atoms with Crippen LogP contribution in [0.1, 0.15) is 16.6 Å². The van der Waals surface area contributed by atoms with Crippen LogP contribution in [0.25, 0.3) is 10.7 Å². The fourth-order valence-corrected chi connectivity index (χ4v) is 3.45. The van der Waals surface area contributed by atoms with Crippen molar-refractivity contribution in [1.29, 1.82) is 0 Å². The molecule has 22 heavy (non-hydrogen) atoms. The predicted molar refractivity (Wildman–Crippen MR) is 81.5 cm³/mol. The van der Waals surface area contributed by atoms with E-state index < -0.39 is 11.9 Å². The van der Waals surface area contributed by atoms with Crippen LogP contribution in [-0.4, -0.2) is 44.9 Å². The molecule has 3 rings (SSSR count). The Labute approximate surface area is 131 Å². The molecule has 1 saturated heterocycles. The minimum atomic E-state index is -0.846. The van der Waals surface area contributed by atoms with Crippen molar-refractivity contribution < 1.29 is 14.7 Å². The molecule has 2 aromatic rings. The average molecular weight is 317 g/mol. The van der Waals surface area contributed by atoms with Crippen LogP contribution < -0.4 is 0 Å². The van der Waals surface area contributed by atoms with Crippen molar-refractivity contribution >= 4 is 23.2 Å². The summed E-state index contributed by atoms with van der Waals surface area (Å²) in [7, 11) is 0. The quantitative estimate of drug-likeness (QED) is 0.936. The van der Waals surface area contributed by atoms with Gasteiger partial charge in [0.25, 0.3) is 5.91 Å². The lowest BCUT2D eigenvalue weighted by Crippen LogP contribution is -2.29. The molecular weight excluding hydrogens is 302 g/mol. The van der Waals surface area contributed by atoms with Gasteiger partial charge in [-0.25, -0.2) is 4.98 Å². The molecule has 6 nitrogen and oxygen atoms in total. The molecule has 0 aliphatic carbocycles. The Hall–Kier alpha value is -2.28. The number of carboxylic acids is 1. The number of likely N-dealkylation sites (tertiary alicyclic amines) is 1. The summed E-state index contributed by atoms with van der Waals surface area (Å²) < 4.78 is 0. The fourth-order valence-electron chi connectivity index (χ4n) is 2.59. The Kier molecular flexibility index (Phi) is 3.89. The van der Waals surface area contributed by atoms with E-state index in [0.29, 0.717) is 16.4 Å². The molecule has 1 aliphatic rings. The molecule has 2 aromatic heterocycles. The maximum absolute atomic E-state index is 12.5. The smallest absolute Gasteiger partial charge is 0.308 e. The highest BCUT2D eigenvalue weighted by Gasteiger charge is 2.37. The zero-order chi connectivity index (χ0) is 15.7. The van der Waals surface area contributed by atoms with Crippen LogP contribution in [-0.2, 0) is 4.79 Å². The molecule has 1 N–H and O–H groups in total. The highest BCUT2D eigenvalue weighted by atomic mass is 32.1. The number of rotatable bonds is 3. The van der Waals surface area contributed by atoms with Crippen LogP contribution >= 0.6 is 11.3 Å². The number of aliphatic carboxylic acids is 1. The third kappa shape index (κ3) is 2.71. The van der Waals surface area contributed by atoms with E-state index in [1.54, 1.807) is 11.1 Å². The van der Waals surface area contributed by atoms with Crippen molar-refractivity contribution in [2.24, 2.45) is 11.8 Å². The summed E-state index contributed by atoms with van der Waals surface area (Å²) in [5.41, 5.74) is 0.727. The molecule has 0 bridgehead atoms. The van der Waals surface area contributed by atoms with E-state index in [-0.39, 0.29) is 18.4 Å². The Morgan fingerprint density at radius 3 is 2.77 bits per heavy atom. The lowest BCUT2D eigenvalue weighted by molar-refractivity contribution is -0.142. The van der Waals surface area contributed by atoms with Crippen LogP contribution in [0.4, 0.5) is 0 Å². The number of amides is 1. The van der Waals surface area contributed by atoms with E-state index in [2.05, 4.69) is 9.97 Å². The minimum absolute atomic E-state index is 0.0374. The van der Waals surface area contributed by atoms with Gasteiger partial charge in [-0.3, -0.25) is 14.6 Å². The van der Waals surface area contributed by atoms with Gasteiger partial charge in [0.2, 0.25) is 0 Å². The number of hydrogen-bond donors (Lipinski definition) is 1. The zero-order valence-corrected chi connectivity index (χ0v) is 12.8. The number of thiazole rings is 1. The van der Waals surface area contributed by atoms with Gasteiger partial charge in [0, 0.05) is 19.3 Å². The van der Waals surface area contributed by atoms with Crippen molar-refractivity contribution in [3.63, 3.8) is 0 Å². The van der Waals surface area contributed by atoms with Crippen LogP contribution in [0.3, 0.4) is 0 Å². The number of carbonyl (C=O) groups is 2. The first-order valence-electron chi connectivity index (χ1n) is 6.95. The first-order valence-corrected chi connectivity index (χ1v) is 7.77. The summed E-state index contributed by atoms with van der Waals surface area (Å²) >= 11 is 1.28. The van der Waals surface area contributed by atoms with Crippen molar-refractivity contribution in [2.45, 2.75) is 6.92 Å². The van der Waals surface area contributed by atoms with Gasteiger partial charge in [0.15, 0.2) is 0 Å². The molecule has 0 unspecified atom stereocenters.